The molecule has 0 spiro atoms. The van der Waals surface area contributed by atoms with Crippen LogP contribution in [-0.4, -0.2) is 17.3 Å². The van der Waals surface area contributed by atoms with Gasteiger partial charge in [0.25, 0.3) is 0 Å². The number of carbonyl (C=O) groups is 1. The molecule has 0 bridgehead atoms. The fourth-order valence-corrected chi connectivity index (χ4v) is 1.03. The third-order valence-corrected chi connectivity index (χ3v) is 1.89. The lowest BCUT2D eigenvalue weighted by Gasteiger charge is -2.05. The van der Waals surface area contributed by atoms with Gasteiger partial charge < -0.3 is 5.73 Å². The van der Waals surface area contributed by atoms with Gasteiger partial charge in [-0.05, 0) is 24.6 Å². The number of nitrogens with two attached hydrogens (primary N) is 1. The molecule has 0 aromatic carbocycles. The van der Waals surface area contributed by atoms with Crippen LogP contribution < -0.4 is 5.73 Å². The van der Waals surface area contributed by atoms with Gasteiger partial charge in [-0.1, -0.05) is 13.0 Å². The van der Waals surface area contributed by atoms with E-state index in [4.69, 9.17) is 5.73 Å². The van der Waals surface area contributed by atoms with Gasteiger partial charge in [-0.25, -0.2) is 0 Å². The molecule has 1 rings (SSSR count). The number of hydrogen-bond acceptors (Lipinski definition) is 3. The number of Topliss-reactive ketones (excluding diaryl/α,β-unsaturated/α-hetero) is 1. The Morgan fingerprint density at radius 2 is 2.38 bits per heavy atom. The van der Waals surface area contributed by atoms with E-state index in [9.17, 15) is 4.79 Å². The fourth-order valence-electron chi connectivity index (χ4n) is 1.03. The van der Waals surface area contributed by atoms with Crippen molar-refractivity contribution in [2.75, 3.05) is 6.54 Å². The minimum Gasteiger partial charge on any atom is -0.330 e. The van der Waals surface area contributed by atoms with Crippen LogP contribution in [0.4, 0.5) is 0 Å². The lowest BCUT2D eigenvalue weighted by atomic mass is 10.0. The van der Waals surface area contributed by atoms with Crippen LogP contribution in [0.2, 0.25) is 0 Å². The zero-order valence-corrected chi connectivity index (χ0v) is 7.73. The molecule has 0 aliphatic heterocycles. The van der Waals surface area contributed by atoms with Crippen LogP contribution in [0.1, 0.15) is 23.8 Å². The van der Waals surface area contributed by atoms with Crippen molar-refractivity contribution in [2.24, 2.45) is 11.7 Å². The van der Waals surface area contributed by atoms with Crippen LogP contribution in [0.25, 0.3) is 0 Å². The maximum absolute atomic E-state index is 11.5. The van der Waals surface area contributed by atoms with E-state index in [1.807, 2.05) is 13.0 Å². The lowest BCUT2D eigenvalue weighted by Crippen LogP contribution is -2.15. The fraction of sp³-hybridized carbons (Fsp3) is 0.400. The van der Waals surface area contributed by atoms with Crippen molar-refractivity contribution in [2.45, 2.75) is 13.3 Å². The zero-order chi connectivity index (χ0) is 9.68. The number of carbonyl (C=O) groups excluding carboxylic acids is 1. The summed E-state index contributed by atoms with van der Waals surface area (Å²) in [5.74, 6) is 0.299. The third kappa shape index (κ3) is 2.95. The number of pyridine rings is 1. The molecule has 1 heterocycles. The summed E-state index contributed by atoms with van der Waals surface area (Å²) in [4.78, 5) is 15.5. The van der Waals surface area contributed by atoms with Crippen LogP contribution in [0.5, 0.6) is 0 Å². The third-order valence-electron chi connectivity index (χ3n) is 1.89. The molecule has 2 N–H and O–H groups in total. The summed E-state index contributed by atoms with van der Waals surface area (Å²) in [7, 11) is 0. The average Bonchev–Trinajstić information content (AvgIpc) is 2.19. The van der Waals surface area contributed by atoms with Gasteiger partial charge in [-0.2, -0.15) is 0 Å². The van der Waals surface area contributed by atoms with Crippen molar-refractivity contribution in [1.82, 2.24) is 4.98 Å². The minimum absolute atomic E-state index is 0.0681. The van der Waals surface area contributed by atoms with Crippen molar-refractivity contribution in [3.8, 4) is 0 Å². The maximum Gasteiger partial charge on any atom is 0.181 e. The first-order valence-electron chi connectivity index (χ1n) is 4.38. The molecule has 0 saturated carbocycles. The van der Waals surface area contributed by atoms with Crippen LogP contribution in [0.15, 0.2) is 24.4 Å². The van der Waals surface area contributed by atoms with Crippen molar-refractivity contribution < 1.29 is 4.79 Å². The van der Waals surface area contributed by atoms with E-state index in [1.165, 1.54) is 0 Å². The maximum atomic E-state index is 11.5. The topological polar surface area (TPSA) is 56.0 Å². The molecule has 0 amide bonds. The smallest absolute Gasteiger partial charge is 0.181 e. The first-order chi connectivity index (χ1) is 6.24. The summed E-state index contributed by atoms with van der Waals surface area (Å²) in [6, 6.07) is 5.34. The van der Waals surface area contributed by atoms with Gasteiger partial charge in [-0.3, -0.25) is 9.78 Å². The molecule has 13 heavy (non-hydrogen) atoms. The number of nitrogens with zero attached hydrogens (tertiary/aromatic N) is 1. The zero-order valence-electron chi connectivity index (χ0n) is 7.73. The molecule has 0 aliphatic rings. The first kappa shape index (κ1) is 9.86. The second kappa shape index (κ2) is 4.72. The van der Waals surface area contributed by atoms with Crippen LogP contribution in [0, 0.1) is 5.92 Å². The van der Waals surface area contributed by atoms with Crippen molar-refractivity contribution >= 4 is 5.78 Å². The monoisotopic (exact) mass is 178 g/mol. The van der Waals surface area contributed by atoms with Gasteiger partial charge in [0, 0.05) is 12.6 Å². The largest absolute Gasteiger partial charge is 0.330 e. The predicted molar refractivity (Wildman–Crippen MR) is 51.4 cm³/mol. The predicted octanol–water partition coefficient (Wildman–Crippen LogP) is 1.25. The summed E-state index contributed by atoms with van der Waals surface area (Å²) < 4.78 is 0. The van der Waals surface area contributed by atoms with Gasteiger partial charge in [0.05, 0.1) is 0 Å². The molecule has 0 aliphatic carbocycles. The highest BCUT2D eigenvalue weighted by atomic mass is 16.1. The lowest BCUT2D eigenvalue weighted by molar-refractivity contribution is 0.0961. The highest BCUT2D eigenvalue weighted by molar-refractivity contribution is 5.94. The Balaban J connectivity index is 2.59. The number of aromatic nitrogens is 1. The Morgan fingerprint density at radius 1 is 1.62 bits per heavy atom. The second-order valence-corrected chi connectivity index (χ2v) is 3.18. The Bertz CT molecular complexity index is 272. The standard InChI is InChI=1S/C10H14N2O/c1-8(7-11)6-10(13)9-4-2-3-5-12-9/h2-5,8H,6-7,11H2,1H3. The first-order valence-corrected chi connectivity index (χ1v) is 4.38. The molecule has 0 fully saturated rings. The van der Waals surface area contributed by atoms with Gasteiger partial charge in [0.15, 0.2) is 5.78 Å². The van der Waals surface area contributed by atoms with Gasteiger partial charge in [-0.15, -0.1) is 0 Å². The van der Waals surface area contributed by atoms with Crippen molar-refractivity contribution in [1.29, 1.82) is 0 Å². The van der Waals surface area contributed by atoms with E-state index < -0.39 is 0 Å². The number of rotatable bonds is 4. The van der Waals surface area contributed by atoms with E-state index in [2.05, 4.69) is 4.98 Å². The molecule has 1 atom stereocenters. The van der Waals surface area contributed by atoms with Gasteiger partial charge in [0.2, 0.25) is 0 Å². The normalized spacial score (nSPS) is 12.5. The van der Waals surface area contributed by atoms with Gasteiger partial charge in [0.1, 0.15) is 5.69 Å². The molecule has 3 heteroatoms. The molecule has 3 nitrogen and oxygen atoms in total. The average molecular weight is 178 g/mol. The van der Waals surface area contributed by atoms with Crippen molar-refractivity contribution in [3.05, 3.63) is 30.1 Å². The highest BCUT2D eigenvalue weighted by Gasteiger charge is 2.10. The van der Waals surface area contributed by atoms with Crippen molar-refractivity contribution in [3.63, 3.8) is 0 Å². The Labute approximate surface area is 78.0 Å². The van der Waals surface area contributed by atoms with Crippen LogP contribution in [0.3, 0.4) is 0 Å². The molecule has 1 aromatic heterocycles. The molecule has 70 valence electrons. The quantitative estimate of drug-likeness (QED) is 0.706. The van der Waals surface area contributed by atoms with E-state index in [-0.39, 0.29) is 11.7 Å². The molecular formula is C10H14N2O. The summed E-state index contributed by atoms with van der Waals surface area (Å²) in [6.07, 6.45) is 2.11. The van der Waals surface area contributed by atoms with Crippen LogP contribution in [-0.2, 0) is 0 Å². The summed E-state index contributed by atoms with van der Waals surface area (Å²) >= 11 is 0. The van der Waals surface area contributed by atoms with E-state index >= 15 is 0 Å². The molecule has 1 aromatic rings. The van der Waals surface area contributed by atoms with Gasteiger partial charge >= 0.3 is 0 Å². The van der Waals surface area contributed by atoms with E-state index in [0.717, 1.165) is 0 Å². The minimum atomic E-state index is 0.0681. The Kier molecular flexibility index (Phi) is 3.58. The highest BCUT2D eigenvalue weighted by Crippen LogP contribution is 2.05. The van der Waals surface area contributed by atoms with Crippen LogP contribution >= 0.6 is 0 Å². The number of hydrogen-bond donors (Lipinski definition) is 1. The molecule has 1 unspecified atom stereocenters. The Hall–Kier alpha value is -1.22. The molecule has 0 saturated heterocycles. The molecule has 0 radical (unpaired) electrons. The molecular weight excluding hydrogens is 164 g/mol. The Morgan fingerprint density at radius 3 is 2.92 bits per heavy atom. The number of ketones is 1. The van der Waals surface area contributed by atoms with E-state index in [1.54, 1.807) is 18.3 Å². The summed E-state index contributed by atoms with van der Waals surface area (Å²) in [5, 5.41) is 0. The second-order valence-electron chi connectivity index (χ2n) is 3.18. The summed E-state index contributed by atoms with van der Waals surface area (Å²) in [5.41, 5.74) is 5.96. The van der Waals surface area contributed by atoms with E-state index in [0.29, 0.717) is 18.7 Å². The SMILES string of the molecule is CC(CN)CC(=O)c1ccccn1. The summed E-state index contributed by atoms with van der Waals surface area (Å²) in [6.45, 7) is 2.50.